The van der Waals surface area contributed by atoms with Gasteiger partial charge in [0.2, 0.25) is 5.91 Å². The highest BCUT2D eigenvalue weighted by Gasteiger charge is 2.28. The number of hydrogen-bond donors (Lipinski definition) is 1. The molecule has 9 heteroatoms. The third-order valence-corrected chi connectivity index (χ3v) is 6.81. The Morgan fingerprint density at radius 1 is 1.00 bits per heavy atom. The molecule has 0 aliphatic rings. The zero-order chi connectivity index (χ0) is 22.6. The van der Waals surface area contributed by atoms with Crippen LogP contribution in [0.15, 0.2) is 77.7 Å². The van der Waals surface area contributed by atoms with Crippen molar-refractivity contribution in [2.75, 3.05) is 10.8 Å². The minimum atomic E-state index is -4.08. The fraction of sp³-hybridized carbons (Fsp3) is 0.136. The second-order valence-corrected chi connectivity index (χ2v) is 9.52. The number of hydrogen-bond acceptors (Lipinski definition) is 3. The summed E-state index contributed by atoms with van der Waals surface area (Å²) in [4.78, 5) is 12.7. The Hall–Kier alpha value is -2.61. The van der Waals surface area contributed by atoms with Crippen LogP contribution >= 0.6 is 23.2 Å². The van der Waals surface area contributed by atoms with Crippen molar-refractivity contribution in [1.82, 2.24) is 5.32 Å². The molecule has 0 aliphatic carbocycles. The topological polar surface area (TPSA) is 66.5 Å². The maximum atomic E-state index is 13.3. The largest absolute Gasteiger partial charge is 0.348 e. The Kier molecular flexibility index (Phi) is 7.20. The van der Waals surface area contributed by atoms with Crippen LogP contribution in [0.5, 0.6) is 0 Å². The first-order valence-corrected chi connectivity index (χ1v) is 11.4. The summed E-state index contributed by atoms with van der Waals surface area (Å²) in [5.41, 5.74) is 0.927. The summed E-state index contributed by atoms with van der Waals surface area (Å²) in [6.07, 6.45) is 0. The number of sulfonamides is 1. The lowest BCUT2D eigenvalue weighted by Crippen LogP contribution is -2.41. The van der Waals surface area contributed by atoms with Gasteiger partial charge in [-0.3, -0.25) is 9.10 Å². The van der Waals surface area contributed by atoms with E-state index in [1.807, 2.05) is 0 Å². The van der Waals surface area contributed by atoms with Gasteiger partial charge in [0.05, 0.1) is 16.6 Å². The number of rotatable bonds is 7. The maximum Gasteiger partial charge on any atom is 0.264 e. The highest BCUT2D eigenvalue weighted by Crippen LogP contribution is 2.27. The van der Waals surface area contributed by atoms with E-state index >= 15 is 0 Å². The molecule has 0 heterocycles. The molecule has 1 atom stereocenters. The van der Waals surface area contributed by atoms with Crippen molar-refractivity contribution in [3.63, 3.8) is 0 Å². The smallest absolute Gasteiger partial charge is 0.264 e. The van der Waals surface area contributed by atoms with Crippen molar-refractivity contribution in [1.29, 1.82) is 0 Å². The molecule has 0 bridgehead atoms. The molecule has 3 rings (SSSR count). The van der Waals surface area contributed by atoms with Crippen LogP contribution < -0.4 is 9.62 Å². The SMILES string of the molecule is C[C@@H](NC(=O)CN(c1cccc(Cl)c1)S(=O)(=O)c1ccc(Cl)cc1)c1ccc(F)cc1. The molecule has 0 aromatic heterocycles. The number of anilines is 1. The Morgan fingerprint density at radius 2 is 1.65 bits per heavy atom. The first kappa shape index (κ1) is 23.1. The number of nitrogens with zero attached hydrogens (tertiary/aromatic N) is 1. The average Bonchev–Trinajstić information content (AvgIpc) is 2.72. The number of carbonyl (C=O) groups is 1. The monoisotopic (exact) mass is 480 g/mol. The van der Waals surface area contributed by atoms with E-state index in [4.69, 9.17) is 23.2 Å². The Bertz CT molecular complexity index is 1170. The molecule has 0 radical (unpaired) electrons. The van der Waals surface area contributed by atoms with Gasteiger partial charge >= 0.3 is 0 Å². The van der Waals surface area contributed by atoms with E-state index in [-0.39, 0.29) is 16.4 Å². The van der Waals surface area contributed by atoms with Crippen LogP contribution in [0.1, 0.15) is 18.5 Å². The van der Waals surface area contributed by atoms with Crippen LogP contribution in [0.2, 0.25) is 10.0 Å². The average molecular weight is 481 g/mol. The van der Waals surface area contributed by atoms with E-state index in [0.717, 1.165) is 4.31 Å². The molecular weight excluding hydrogens is 462 g/mol. The molecule has 31 heavy (non-hydrogen) atoms. The van der Waals surface area contributed by atoms with Gasteiger partial charge in [-0.1, -0.05) is 41.4 Å². The number of benzene rings is 3. The quantitative estimate of drug-likeness (QED) is 0.504. The number of halogens is 3. The van der Waals surface area contributed by atoms with Crippen molar-refractivity contribution in [3.05, 3.63) is 94.2 Å². The van der Waals surface area contributed by atoms with Gasteiger partial charge in [0.1, 0.15) is 12.4 Å². The predicted molar refractivity (Wildman–Crippen MR) is 120 cm³/mol. The Morgan fingerprint density at radius 3 is 2.26 bits per heavy atom. The van der Waals surface area contributed by atoms with Gasteiger partial charge in [0.25, 0.3) is 10.0 Å². The summed E-state index contributed by atoms with van der Waals surface area (Å²) in [6, 6.07) is 17.1. The van der Waals surface area contributed by atoms with Crippen molar-refractivity contribution in [2.24, 2.45) is 0 Å². The maximum absolute atomic E-state index is 13.3. The summed E-state index contributed by atoms with van der Waals surface area (Å²) in [7, 11) is -4.08. The highest BCUT2D eigenvalue weighted by molar-refractivity contribution is 7.92. The zero-order valence-electron chi connectivity index (χ0n) is 16.4. The molecule has 3 aromatic carbocycles. The normalized spacial score (nSPS) is 12.3. The van der Waals surface area contributed by atoms with Gasteiger partial charge in [-0.05, 0) is 67.1 Å². The summed E-state index contributed by atoms with van der Waals surface area (Å²) in [6.45, 7) is 1.25. The first-order chi connectivity index (χ1) is 14.7. The summed E-state index contributed by atoms with van der Waals surface area (Å²) < 4.78 is 40.7. The molecule has 0 unspecified atom stereocenters. The van der Waals surface area contributed by atoms with E-state index in [9.17, 15) is 17.6 Å². The zero-order valence-corrected chi connectivity index (χ0v) is 18.8. The molecule has 0 aliphatic heterocycles. The van der Waals surface area contributed by atoms with Crippen molar-refractivity contribution < 1.29 is 17.6 Å². The Balaban J connectivity index is 1.89. The summed E-state index contributed by atoms with van der Waals surface area (Å²) >= 11 is 11.9. The third-order valence-electron chi connectivity index (χ3n) is 4.53. The third kappa shape index (κ3) is 5.76. The van der Waals surface area contributed by atoms with Crippen molar-refractivity contribution >= 4 is 44.8 Å². The van der Waals surface area contributed by atoms with Crippen LogP contribution in [-0.2, 0) is 14.8 Å². The number of carbonyl (C=O) groups excluding carboxylic acids is 1. The van der Waals surface area contributed by atoms with Gasteiger partial charge in [0.15, 0.2) is 0 Å². The van der Waals surface area contributed by atoms with Crippen molar-refractivity contribution in [2.45, 2.75) is 17.9 Å². The summed E-state index contributed by atoms with van der Waals surface area (Å²) in [5.74, 6) is -0.919. The molecule has 1 amide bonds. The van der Waals surface area contributed by atoms with E-state index in [2.05, 4.69) is 5.32 Å². The van der Waals surface area contributed by atoms with Crippen LogP contribution in [0.4, 0.5) is 10.1 Å². The fourth-order valence-electron chi connectivity index (χ4n) is 2.93. The number of amides is 1. The minimum Gasteiger partial charge on any atom is -0.348 e. The molecule has 162 valence electrons. The van der Waals surface area contributed by atoms with E-state index in [1.54, 1.807) is 37.3 Å². The molecule has 0 saturated carbocycles. The van der Waals surface area contributed by atoms with Gasteiger partial charge in [-0.2, -0.15) is 0 Å². The Labute approximate surface area is 190 Å². The molecule has 0 spiro atoms. The van der Waals surface area contributed by atoms with Gasteiger partial charge in [0, 0.05) is 10.0 Å². The van der Waals surface area contributed by atoms with Crippen LogP contribution in [0, 0.1) is 5.82 Å². The first-order valence-electron chi connectivity index (χ1n) is 9.25. The van der Waals surface area contributed by atoms with Gasteiger partial charge < -0.3 is 5.32 Å². The van der Waals surface area contributed by atoms with Crippen LogP contribution in [0.25, 0.3) is 0 Å². The summed E-state index contributed by atoms with van der Waals surface area (Å²) in [5, 5.41) is 3.46. The highest BCUT2D eigenvalue weighted by atomic mass is 35.5. The molecule has 0 saturated heterocycles. The van der Waals surface area contributed by atoms with Crippen LogP contribution in [0.3, 0.4) is 0 Å². The molecular formula is C22H19Cl2FN2O3S. The van der Waals surface area contributed by atoms with Crippen molar-refractivity contribution in [3.8, 4) is 0 Å². The standard InChI is InChI=1S/C22H19Cl2FN2O3S/c1-15(16-5-9-19(25)10-6-16)26-22(28)14-27(20-4-2-3-18(24)13-20)31(29,30)21-11-7-17(23)8-12-21/h2-13,15H,14H2,1H3,(H,26,28)/t15-/m1/s1. The van der Waals surface area contributed by atoms with E-state index in [0.29, 0.717) is 15.6 Å². The van der Waals surface area contributed by atoms with E-state index < -0.39 is 28.5 Å². The minimum absolute atomic E-state index is 0.0174. The lowest BCUT2D eigenvalue weighted by atomic mass is 10.1. The predicted octanol–water partition coefficient (Wildman–Crippen LogP) is 5.21. The second-order valence-electron chi connectivity index (χ2n) is 6.79. The lowest BCUT2D eigenvalue weighted by molar-refractivity contribution is -0.120. The molecule has 5 nitrogen and oxygen atoms in total. The molecule has 1 N–H and O–H groups in total. The number of nitrogens with one attached hydrogen (secondary N) is 1. The second kappa shape index (κ2) is 9.68. The molecule has 0 fully saturated rings. The van der Waals surface area contributed by atoms with Gasteiger partial charge in [-0.25, -0.2) is 12.8 Å². The van der Waals surface area contributed by atoms with Crippen LogP contribution in [-0.4, -0.2) is 20.9 Å². The fourth-order valence-corrected chi connectivity index (χ4v) is 4.66. The lowest BCUT2D eigenvalue weighted by Gasteiger charge is -2.25. The van der Waals surface area contributed by atoms with E-state index in [1.165, 1.54) is 42.5 Å². The van der Waals surface area contributed by atoms with Gasteiger partial charge in [-0.15, -0.1) is 0 Å². The molecule has 3 aromatic rings.